The Bertz CT molecular complexity index is 260. The van der Waals surface area contributed by atoms with Gasteiger partial charge in [0.05, 0.1) is 17.4 Å². The molecule has 0 aromatic rings. The number of hydrogen-bond acceptors (Lipinski definition) is 2. The van der Waals surface area contributed by atoms with Gasteiger partial charge in [0.2, 0.25) is 4.71 Å². The predicted molar refractivity (Wildman–Crippen MR) is 61.1 cm³/mol. The summed E-state index contributed by atoms with van der Waals surface area (Å²) in [7, 11) is 0. The molecule has 0 aromatic carbocycles. The molecule has 2 rings (SSSR count). The summed E-state index contributed by atoms with van der Waals surface area (Å²) in [5, 5.41) is -0.825. The lowest BCUT2D eigenvalue weighted by Gasteiger charge is -2.29. The van der Waals surface area contributed by atoms with Crippen LogP contribution in [0, 0.1) is 0 Å². The quantitative estimate of drug-likeness (QED) is 0.540. The van der Waals surface area contributed by atoms with Crippen LogP contribution in [0.25, 0.3) is 0 Å². The average Bonchev–Trinajstić information content (AvgIpc) is 2.45. The Morgan fingerprint density at radius 3 is 2.33 bits per heavy atom. The maximum absolute atomic E-state index is 11.8. The van der Waals surface area contributed by atoms with Crippen molar-refractivity contribution in [1.82, 2.24) is 4.31 Å². The number of carbonyl (C=O) groups excluding carboxylic acids is 1. The normalized spacial score (nSPS) is 38.7. The van der Waals surface area contributed by atoms with E-state index in [0.29, 0.717) is 0 Å². The second-order valence-corrected chi connectivity index (χ2v) is 6.64. The van der Waals surface area contributed by atoms with Crippen LogP contribution in [0.2, 0.25) is 0 Å². The third kappa shape index (κ3) is 2.09. The minimum absolute atomic E-state index is 0.0806. The summed E-state index contributed by atoms with van der Waals surface area (Å²) in [4.78, 5) is 11.7. The lowest BCUT2D eigenvalue weighted by molar-refractivity contribution is -0.126. The molecule has 0 spiro atoms. The highest BCUT2D eigenvalue weighted by atomic mass is 35.5. The van der Waals surface area contributed by atoms with Crippen molar-refractivity contribution in [2.24, 2.45) is 0 Å². The van der Waals surface area contributed by atoms with Gasteiger partial charge in [-0.25, -0.2) is 0 Å². The number of halogens is 2. The fourth-order valence-corrected chi connectivity index (χ4v) is 4.30. The molecule has 1 aliphatic heterocycles. The van der Waals surface area contributed by atoms with Crippen molar-refractivity contribution in [2.75, 3.05) is 0 Å². The summed E-state index contributed by atoms with van der Waals surface area (Å²) in [6.07, 6.45) is 5.21. The Morgan fingerprint density at radius 1 is 1.27 bits per heavy atom. The third-order valence-electron chi connectivity index (χ3n) is 2.98. The fraction of sp³-hybridized carbons (Fsp3) is 0.889. The Kier molecular flexibility index (Phi) is 3.71. The Morgan fingerprint density at radius 2 is 1.87 bits per heavy atom. The molecule has 6 heteroatoms. The molecular formula is C9H13Cl2NO2S. The third-order valence-corrected chi connectivity index (χ3v) is 5.93. The Hall–Kier alpha value is 0.360. The van der Waals surface area contributed by atoms with Crippen molar-refractivity contribution in [1.29, 1.82) is 0 Å². The summed E-state index contributed by atoms with van der Waals surface area (Å²) in [5.41, 5.74) is 0. The van der Waals surface area contributed by atoms with E-state index in [1.54, 1.807) is 0 Å². The van der Waals surface area contributed by atoms with Crippen molar-refractivity contribution in [3.05, 3.63) is 0 Å². The largest absolute Gasteiger partial charge is 0.592 e. The van der Waals surface area contributed by atoms with Gasteiger partial charge in [-0.1, -0.05) is 30.9 Å². The number of amides is 1. The van der Waals surface area contributed by atoms with Crippen LogP contribution in [0.1, 0.15) is 32.1 Å². The van der Waals surface area contributed by atoms with Gasteiger partial charge >= 0.3 is 0 Å². The van der Waals surface area contributed by atoms with E-state index in [4.69, 9.17) is 23.2 Å². The zero-order valence-corrected chi connectivity index (χ0v) is 10.5. The minimum Gasteiger partial charge on any atom is -0.592 e. The van der Waals surface area contributed by atoms with Gasteiger partial charge < -0.3 is 4.55 Å². The molecular weight excluding hydrogens is 257 g/mol. The van der Waals surface area contributed by atoms with Crippen molar-refractivity contribution in [3.63, 3.8) is 0 Å². The van der Waals surface area contributed by atoms with E-state index in [9.17, 15) is 9.35 Å². The predicted octanol–water partition coefficient (Wildman–Crippen LogP) is 2.00. The van der Waals surface area contributed by atoms with Crippen molar-refractivity contribution >= 4 is 40.5 Å². The van der Waals surface area contributed by atoms with Gasteiger partial charge in [-0.05, 0) is 12.8 Å². The molecule has 1 amide bonds. The maximum atomic E-state index is 11.8. The molecule has 86 valence electrons. The minimum atomic E-state index is -1.45. The molecule has 3 atom stereocenters. The Labute approximate surface area is 102 Å². The van der Waals surface area contributed by atoms with Crippen LogP contribution >= 0.6 is 23.2 Å². The van der Waals surface area contributed by atoms with Crippen LogP contribution in [0.15, 0.2) is 0 Å². The molecule has 1 heterocycles. The van der Waals surface area contributed by atoms with Gasteiger partial charge in [0.25, 0.3) is 5.91 Å². The van der Waals surface area contributed by atoms with Crippen LogP contribution in [0.5, 0.6) is 0 Å². The summed E-state index contributed by atoms with van der Waals surface area (Å²) in [6.45, 7) is 0. The standard InChI is InChI=1S/C9H13Cl2NO2S/c10-7-8(11)15(14)12(9(7)13)6-4-2-1-3-5-6/h6-8H,1-5H2. The van der Waals surface area contributed by atoms with Gasteiger partial charge in [0.15, 0.2) is 5.38 Å². The molecule has 3 unspecified atom stereocenters. The van der Waals surface area contributed by atoms with Gasteiger partial charge in [-0.15, -0.1) is 11.6 Å². The molecule has 1 saturated heterocycles. The number of carbonyl (C=O) groups is 1. The number of nitrogens with zero attached hydrogens (tertiary/aromatic N) is 1. The smallest absolute Gasteiger partial charge is 0.288 e. The van der Waals surface area contributed by atoms with Crippen molar-refractivity contribution < 1.29 is 9.35 Å². The zero-order valence-electron chi connectivity index (χ0n) is 8.20. The lowest BCUT2D eigenvalue weighted by Crippen LogP contribution is -2.41. The van der Waals surface area contributed by atoms with E-state index in [2.05, 4.69) is 0 Å². The van der Waals surface area contributed by atoms with E-state index in [1.807, 2.05) is 0 Å². The molecule has 0 bridgehead atoms. The van der Waals surface area contributed by atoms with Crippen molar-refractivity contribution in [3.8, 4) is 0 Å². The van der Waals surface area contributed by atoms with Gasteiger partial charge in [0.1, 0.15) is 0 Å². The van der Waals surface area contributed by atoms with E-state index in [1.165, 1.54) is 10.7 Å². The summed E-state index contributed by atoms with van der Waals surface area (Å²) < 4.78 is 12.5. The SMILES string of the molecule is O=C1C(Cl)C(Cl)[S+]([O-])N1C1CCCCC1. The van der Waals surface area contributed by atoms with E-state index in [0.717, 1.165) is 25.7 Å². The van der Waals surface area contributed by atoms with E-state index in [-0.39, 0.29) is 11.9 Å². The number of hydrogen-bond donors (Lipinski definition) is 0. The first-order valence-electron chi connectivity index (χ1n) is 5.15. The molecule has 0 N–H and O–H groups in total. The number of rotatable bonds is 1. The fourth-order valence-electron chi connectivity index (χ4n) is 2.18. The van der Waals surface area contributed by atoms with Gasteiger partial charge in [-0.3, -0.25) is 4.79 Å². The first kappa shape index (κ1) is 11.8. The zero-order chi connectivity index (χ0) is 11.0. The number of alkyl halides is 2. The molecule has 0 aromatic heterocycles. The highest BCUT2D eigenvalue weighted by molar-refractivity contribution is 7.92. The second kappa shape index (κ2) is 4.70. The van der Waals surface area contributed by atoms with Crippen LogP contribution in [-0.2, 0) is 16.2 Å². The first-order chi connectivity index (χ1) is 7.13. The lowest BCUT2D eigenvalue weighted by atomic mass is 9.95. The highest BCUT2D eigenvalue weighted by Gasteiger charge is 2.53. The molecule has 3 nitrogen and oxygen atoms in total. The van der Waals surface area contributed by atoms with Crippen molar-refractivity contribution in [2.45, 2.75) is 48.2 Å². The van der Waals surface area contributed by atoms with Crippen LogP contribution in [-0.4, -0.2) is 30.9 Å². The molecule has 15 heavy (non-hydrogen) atoms. The summed E-state index contributed by atoms with van der Waals surface area (Å²) in [5.74, 6) is -0.262. The van der Waals surface area contributed by atoms with Gasteiger partial charge in [-0.2, -0.15) is 4.31 Å². The van der Waals surface area contributed by atoms with Gasteiger partial charge in [0, 0.05) is 0 Å². The van der Waals surface area contributed by atoms with Crippen LogP contribution in [0.3, 0.4) is 0 Å². The van der Waals surface area contributed by atoms with E-state index < -0.39 is 21.4 Å². The summed E-state index contributed by atoms with van der Waals surface area (Å²) >= 11 is 10.2. The monoisotopic (exact) mass is 269 g/mol. The second-order valence-electron chi connectivity index (χ2n) is 3.98. The molecule has 2 fully saturated rings. The molecule has 1 aliphatic carbocycles. The highest BCUT2D eigenvalue weighted by Crippen LogP contribution is 2.36. The Balaban J connectivity index is 2.10. The maximum Gasteiger partial charge on any atom is 0.288 e. The van der Waals surface area contributed by atoms with Crippen LogP contribution < -0.4 is 0 Å². The molecule has 0 radical (unpaired) electrons. The van der Waals surface area contributed by atoms with Crippen LogP contribution in [0.4, 0.5) is 0 Å². The first-order valence-corrected chi connectivity index (χ1v) is 7.19. The molecule has 2 aliphatic rings. The van der Waals surface area contributed by atoms with E-state index >= 15 is 0 Å². The topological polar surface area (TPSA) is 43.4 Å². The molecule has 1 saturated carbocycles. The average molecular weight is 270 g/mol. The summed E-state index contributed by atoms with van der Waals surface area (Å²) in [6, 6.07) is 0.0806.